The minimum Gasteiger partial charge on any atom is -0.492 e. The molecule has 1 amide bonds. The van der Waals surface area contributed by atoms with E-state index in [1.165, 1.54) is 5.56 Å². The molecule has 4 rings (SSSR count). The number of hydrogen-bond donors (Lipinski definition) is 0. The van der Waals surface area contributed by atoms with Crippen molar-refractivity contribution in [2.75, 3.05) is 13.2 Å². The van der Waals surface area contributed by atoms with Crippen molar-refractivity contribution in [2.45, 2.75) is 45.7 Å². The van der Waals surface area contributed by atoms with Crippen LogP contribution in [0.5, 0.6) is 5.75 Å². The molecule has 0 saturated carbocycles. The van der Waals surface area contributed by atoms with Crippen LogP contribution in [-0.2, 0) is 11.3 Å². The molecule has 0 aliphatic carbocycles. The molecule has 0 spiro atoms. The summed E-state index contributed by atoms with van der Waals surface area (Å²) in [5.74, 6) is 2.07. The van der Waals surface area contributed by atoms with E-state index in [1.54, 1.807) is 0 Å². The van der Waals surface area contributed by atoms with E-state index in [1.807, 2.05) is 48.2 Å². The summed E-state index contributed by atoms with van der Waals surface area (Å²) in [4.78, 5) is 19.3. The highest BCUT2D eigenvalue weighted by Gasteiger charge is 2.32. The molecule has 1 saturated heterocycles. The fourth-order valence-corrected chi connectivity index (χ4v) is 4.08. The minimum atomic E-state index is 0.0545. The highest BCUT2D eigenvalue weighted by Crippen LogP contribution is 2.33. The maximum Gasteiger partial charge on any atom is 0.222 e. The molecule has 0 radical (unpaired) electrons. The van der Waals surface area contributed by atoms with Gasteiger partial charge in [-0.05, 0) is 49.6 Å². The predicted molar refractivity (Wildman–Crippen MR) is 110 cm³/mol. The van der Waals surface area contributed by atoms with Crippen molar-refractivity contribution in [3.63, 3.8) is 0 Å². The Bertz CT molecular complexity index is 979. The van der Waals surface area contributed by atoms with Gasteiger partial charge in [0.15, 0.2) is 0 Å². The van der Waals surface area contributed by atoms with Crippen molar-refractivity contribution in [3.05, 3.63) is 59.9 Å². The Kier molecular flexibility index (Phi) is 5.33. The lowest BCUT2D eigenvalue weighted by atomic mass is 10.2. The Morgan fingerprint density at radius 1 is 1.21 bits per heavy atom. The average molecular weight is 377 g/mol. The Balaban J connectivity index is 1.61. The largest absolute Gasteiger partial charge is 0.492 e. The Hall–Kier alpha value is -2.82. The van der Waals surface area contributed by atoms with Crippen molar-refractivity contribution in [2.24, 2.45) is 0 Å². The fraction of sp³-hybridized carbons (Fsp3) is 0.391. The number of likely N-dealkylation sites (tertiary alicyclic amines) is 1. The van der Waals surface area contributed by atoms with Crippen molar-refractivity contribution < 1.29 is 9.53 Å². The number of carbonyl (C=O) groups is 1. The van der Waals surface area contributed by atoms with Crippen LogP contribution in [0.3, 0.4) is 0 Å². The third-order valence-electron chi connectivity index (χ3n) is 5.43. The molecule has 146 valence electrons. The summed E-state index contributed by atoms with van der Waals surface area (Å²) < 4.78 is 8.23. The van der Waals surface area contributed by atoms with E-state index in [-0.39, 0.29) is 11.9 Å². The summed E-state index contributed by atoms with van der Waals surface area (Å²) in [6, 6.07) is 16.3. The molecule has 2 aromatic carbocycles. The van der Waals surface area contributed by atoms with E-state index in [2.05, 4.69) is 23.6 Å². The van der Waals surface area contributed by atoms with Gasteiger partial charge in [-0.3, -0.25) is 4.79 Å². The number of aryl methyl sites for hydroxylation is 1. The number of ether oxygens (including phenoxy) is 1. The van der Waals surface area contributed by atoms with Gasteiger partial charge in [0.25, 0.3) is 0 Å². The summed E-state index contributed by atoms with van der Waals surface area (Å²) in [6.45, 7) is 6.07. The van der Waals surface area contributed by atoms with E-state index in [9.17, 15) is 4.79 Å². The topological polar surface area (TPSA) is 47.4 Å². The first-order chi connectivity index (χ1) is 13.7. The number of fused-ring (bicyclic) bond motifs is 1. The van der Waals surface area contributed by atoms with Gasteiger partial charge >= 0.3 is 0 Å². The van der Waals surface area contributed by atoms with Gasteiger partial charge in [-0.1, -0.05) is 31.2 Å². The van der Waals surface area contributed by atoms with Crippen molar-refractivity contribution in [1.82, 2.24) is 14.5 Å². The maximum atomic E-state index is 12.4. The quantitative estimate of drug-likeness (QED) is 0.635. The second-order valence-corrected chi connectivity index (χ2v) is 7.37. The summed E-state index contributed by atoms with van der Waals surface area (Å²) in [5, 5.41) is 0. The Morgan fingerprint density at radius 3 is 2.89 bits per heavy atom. The van der Waals surface area contributed by atoms with Gasteiger partial charge in [-0.25, -0.2) is 4.98 Å². The van der Waals surface area contributed by atoms with Gasteiger partial charge in [0.05, 0.1) is 23.6 Å². The molecule has 1 aliphatic rings. The lowest BCUT2D eigenvalue weighted by molar-refractivity contribution is -0.131. The van der Waals surface area contributed by atoms with E-state index in [4.69, 9.17) is 9.72 Å². The summed E-state index contributed by atoms with van der Waals surface area (Å²) in [7, 11) is 0. The number of amides is 1. The molecule has 1 fully saturated rings. The van der Waals surface area contributed by atoms with Gasteiger partial charge in [-0.2, -0.15) is 0 Å². The molecule has 28 heavy (non-hydrogen) atoms. The van der Waals surface area contributed by atoms with Gasteiger partial charge in [0.1, 0.15) is 18.2 Å². The smallest absolute Gasteiger partial charge is 0.222 e. The van der Waals surface area contributed by atoms with E-state index < -0.39 is 0 Å². The highest BCUT2D eigenvalue weighted by molar-refractivity contribution is 5.78. The Labute approximate surface area is 165 Å². The van der Waals surface area contributed by atoms with Crippen LogP contribution >= 0.6 is 0 Å². The predicted octanol–water partition coefficient (Wildman–Crippen LogP) is 4.50. The lowest BCUT2D eigenvalue weighted by Gasteiger charge is -2.25. The van der Waals surface area contributed by atoms with Crippen LogP contribution in [-0.4, -0.2) is 33.5 Å². The number of nitrogens with zero attached hydrogens (tertiary/aromatic N) is 3. The molecular formula is C23H27N3O2. The van der Waals surface area contributed by atoms with Crippen LogP contribution in [0, 0.1) is 6.92 Å². The van der Waals surface area contributed by atoms with E-state index in [0.717, 1.165) is 42.0 Å². The average Bonchev–Trinajstić information content (AvgIpc) is 3.32. The molecule has 0 unspecified atom stereocenters. The van der Waals surface area contributed by atoms with E-state index >= 15 is 0 Å². The zero-order valence-corrected chi connectivity index (χ0v) is 16.6. The van der Waals surface area contributed by atoms with Crippen molar-refractivity contribution >= 4 is 16.9 Å². The highest BCUT2D eigenvalue weighted by atomic mass is 16.5. The molecule has 2 heterocycles. The SMILES string of the molecule is CCC(=O)N1CCC[C@@H]1c1nc2ccccc2n1CCOc1cccc(C)c1. The standard InChI is InChI=1S/C23H27N3O2/c1-3-22(27)25-13-7-12-21(25)23-24-19-10-4-5-11-20(19)26(23)14-15-28-18-9-6-8-17(2)16-18/h4-6,8-11,16,21H,3,7,12-15H2,1-2H3/t21-/m1/s1. The molecule has 1 aromatic heterocycles. The molecule has 5 nitrogen and oxygen atoms in total. The second-order valence-electron chi connectivity index (χ2n) is 7.37. The normalized spacial score (nSPS) is 16.6. The molecule has 3 aromatic rings. The van der Waals surface area contributed by atoms with Gasteiger partial charge < -0.3 is 14.2 Å². The molecule has 1 atom stereocenters. The first kappa shape index (κ1) is 18.5. The first-order valence-electron chi connectivity index (χ1n) is 10.1. The van der Waals surface area contributed by atoms with Gasteiger partial charge in [-0.15, -0.1) is 0 Å². The zero-order chi connectivity index (χ0) is 19.5. The van der Waals surface area contributed by atoms with Crippen molar-refractivity contribution in [1.29, 1.82) is 0 Å². The van der Waals surface area contributed by atoms with Crippen molar-refractivity contribution in [3.8, 4) is 5.75 Å². The second kappa shape index (κ2) is 8.05. The van der Waals surface area contributed by atoms with Crippen LogP contribution in [0.4, 0.5) is 0 Å². The van der Waals surface area contributed by atoms with Crippen LogP contribution in [0.2, 0.25) is 0 Å². The minimum absolute atomic E-state index is 0.0545. The van der Waals surface area contributed by atoms with E-state index in [0.29, 0.717) is 19.6 Å². The fourth-order valence-electron chi connectivity index (χ4n) is 4.08. The maximum absolute atomic E-state index is 12.4. The molecular weight excluding hydrogens is 350 g/mol. The summed E-state index contributed by atoms with van der Waals surface area (Å²) >= 11 is 0. The number of hydrogen-bond acceptors (Lipinski definition) is 3. The summed E-state index contributed by atoms with van der Waals surface area (Å²) in [5.41, 5.74) is 3.26. The third-order valence-corrected chi connectivity index (χ3v) is 5.43. The molecule has 0 N–H and O–H groups in total. The van der Waals surface area contributed by atoms with Crippen LogP contribution < -0.4 is 4.74 Å². The van der Waals surface area contributed by atoms with Crippen LogP contribution in [0.15, 0.2) is 48.5 Å². The summed E-state index contributed by atoms with van der Waals surface area (Å²) in [6.07, 6.45) is 2.53. The number of para-hydroxylation sites is 2. The number of benzene rings is 2. The first-order valence-corrected chi connectivity index (χ1v) is 10.1. The number of imidazole rings is 1. The van der Waals surface area contributed by atoms with Gasteiger partial charge in [0.2, 0.25) is 5.91 Å². The number of aromatic nitrogens is 2. The molecule has 1 aliphatic heterocycles. The van der Waals surface area contributed by atoms with Crippen LogP contribution in [0.25, 0.3) is 11.0 Å². The van der Waals surface area contributed by atoms with Crippen LogP contribution in [0.1, 0.15) is 43.6 Å². The Morgan fingerprint density at radius 2 is 2.07 bits per heavy atom. The lowest BCUT2D eigenvalue weighted by Crippen LogP contribution is -2.31. The monoisotopic (exact) mass is 377 g/mol. The number of rotatable bonds is 6. The third kappa shape index (κ3) is 3.61. The number of carbonyl (C=O) groups excluding carboxylic acids is 1. The molecule has 0 bridgehead atoms. The van der Waals surface area contributed by atoms with Gasteiger partial charge in [0, 0.05) is 13.0 Å². The molecule has 5 heteroatoms. The zero-order valence-electron chi connectivity index (χ0n) is 16.6.